The van der Waals surface area contributed by atoms with Crippen LogP contribution < -0.4 is 5.73 Å². The lowest BCUT2D eigenvalue weighted by Crippen LogP contribution is -2.32. The molecule has 1 aliphatic heterocycles. The maximum Gasteiger partial charge on any atom is 0.123 e. The summed E-state index contributed by atoms with van der Waals surface area (Å²) in [6, 6.07) is 7.05. The number of aliphatic hydroxyl groups is 1. The fourth-order valence-electron chi connectivity index (χ4n) is 3.05. The van der Waals surface area contributed by atoms with Crippen molar-refractivity contribution in [3.05, 3.63) is 35.6 Å². The van der Waals surface area contributed by atoms with Gasteiger partial charge in [-0.3, -0.25) is 0 Å². The molecule has 0 radical (unpaired) electrons. The molecule has 3 N–H and O–H groups in total. The standard InChI is InChI=1S/C16H25FN2O/c17-14-5-1-4-13(12-14)16(18)8-10-19-9-2-6-15(19)7-3-11-20/h1,4-5,12,15-16,20H,2-3,6-11,18H2. The fourth-order valence-corrected chi connectivity index (χ4v) is 3.05. The van der Waals surface area contributed by atoms with Crippen molar-refractivity contribution in [2.45, 2.75) is 44.2 Å². The number of hydrogen-bond donors (Lipinski definition) is 2. The Balaban J connectivity index is 1.82. The highest BCUT2D eigenvalue weighted by Crippen LogP contribution is 2.23. The van der Waals surface area contributed by atoms with E-state index in [1.807, 2.05) is 6.07 Å². The molecule has 1 saturated heterocycles. The molecule has 1 fully saturated rings. The predicted octanol–water partition coefficient (Wildman–Crippen LogP) is 2.45. The molecule has 2 unspecified atom stereocenters. The van der Waals surface area contributed by atoms with E-state index in [1.165, 1.54) is 25.0 Å². The second-order valence-corrected chi connectivity index (χ2v) is 5.65. The van der Waals surface area contributed by atoms with E-state index < -0.39 is 0 Å². The minimum absolute atomic E-state index is 0.107. The highest BCUT2D eigenvalue weighted by Gasteiger charge is 2.24. The fraction of sp³-hybridized carbons (Fsp3) is 0.625. The second-order valence-electron chi connectivity index (χ2n) is 5.65. The van der Waals surface area contributed by atoms with Crippen molar-refractivity contribution in [3.8, 4) is 0 Å². The molecule has 0 spiro atoms. The Morgan fingerprint density at radius 3 is 3.05 bits per heavy atom. The Hall–Kier alpha value is -0.970. The molecular weight excluding hydrogens is 255 g/mol. The topological polar surface area (TPSA) is 49.5 Å². The van der Waals surface area contributed by atoms with Crippen LogP contribution in [0.3, 0.4) is 0 Å². The van der Waals surface area contributed by atoms with Gasteiger partial charge in [-0.2, -0.15) is 0 Å². The number of aliphatic hydroxyl groups excluding tert-OH is 1. The van der Waals surface area contributed by atoms with Crippen LogP contribution in [0.4, 0.5) is 4.39 Å². The molecule has 3 nitrogen and oxygen atoms in total. The van der Waals surface area contributed by atoms with E-state index in [4.69, 9.17) is 10.8 Å². The molecule has 1 heterocycles. The molecule has 1 aromatic rings. The number of benzene rings is 1. The first-order chi connectivity index (χ1) is 9.70. The van der Waals surface area contributed by atoms with E-state index in [9.17, 15) is 4.39 Å². The molecule has 0 aromatic heterocycles. The normalized spacial score (nSPS) is 21.2. The average molecular weight is 280 g/mol. The maximum atomic E-state index is 13.2. The van der Waals surface area contributed by atoms with Gasteiger partial charge in [0.1, 0.15) is 5.82 Å². The molecule has 0 amide bonds. The smallest absolute Gasteiger partial charge is 0.123 e. The lowest BCUT2D eigenvalue weighted by molar-refractivity contribution is 0.211. The molecule has 1 aliphatic rings. The van der Waals surface area contributed by atoms with Crippen molar-refractivity contribution in [1.82, 2.24) is 4.90 Å². The number of nitrogens with zero attached hydrogens (tertiary/aromatic N) is 1. The minimum Gasteiger partial charge on any atom is -0.396 e. The van der Waals surface area contributed by atoms with Crippen LogP contribution in [0, 0.1) is 5.82 Å². The Morgan fingerprint density at radius 1 is 1.45 bits per heavy atom. The third-order valence-corrected chi connectivity index (χ3v) is 4.20. The van der Waals surface area contributed by atoms with Crippen LogP contribution in [0.15, 0.2) is 24.3 Å². The van der Waals surface area contributed by atoms with Gasteiger partial charge in [-0.1, -0.05) is 12.1 Å². The van der Waals surface area contributed by atoms with E-state index in [2.05, 4.69) is 4.90 Å². The van der Waals surface area contributed by atoms with Gasteiger partial charge in [0, 0.05) is 25.2 Å². The van der Waals surface area contributed by atoms with Gasteiger partial charge in [0.15, 0.2) is 0 Å². The molecule has 0 bridgehead atoms. The molecule has 20 heavy (non-hydrogen) atoms. The Labute approximate surface area is 120 Å². The van der Waals surface area contributed by atoms with Gasteiger partial charge >= 0.3 is 0 Å². The number of hydrogen-bond acceptors (Lipinski definition) is 3. The lowest BCUT2D eigenvalue weighted by Gasteiger charge is -2.25. The SMILES string of the molecule is NC(CCN1CCCC1CCCO)c1cccc(F)c1. The van der Waals surface area contributed by atoms with Crippen molar-refractivity contribution < 1.29 is 9.50 Å². The zero-order chi connectivity index (χ0) is 14.4. The Kier molecular flexibility index (Phi) is 5.95. The summed E-state index contributed by atoms with van der Waals surface area (Å²) in [6.45, 7) is 2.34. The third kappa shape index (κ3) is 4.27. The molecule has 112 valence electrons. The van der Waals surface area contributed by atoms with E-state index >= 15 is 0 Å². The van der Waals surface area contributed by atoms with E-state index in [0.717, 1.165) is 37.9 Å². The molecule has 0 aliphatic carbocycles. The third-order valence-electron chi connectivity index (χ3n) is 4.20. The van der Waals surface area contributed by atoms with Crippen molar-refractivity contribution in [2.24, 2.45) is 5.73 Å². The van der Waals surface area contributed by atoms with Gasteiger partial charge in [-0.25, -0.2) is 4.39 Å². The largest absolute Gasteiger partial charge is 0.396 e. The van der Waals surface area contributed by atoms with Gasteiger partial charge in [0.05, 0.1) is 0 Å². The summed E-state index contributed by atoms with van der Waals surface area (Å²) >= 11 is 0. The van der Waals surface area contributed by atoms with E-state index in [-0.39, 0.29) is 18.5 Å². The van der Waals surface area contributed by atoms with Gasteiger partial charge in [0.25, 0.3) is 0 Å². The maximum absolute atomic E-state index is 13.2. The van der Waals surface area contributed by atoms with E-state index in [1.54, 1.807) is 6.07 Å². The number of rotatable bonds is 7. The molecule has 1 aromatic carbocycles. The quantitative estimate of drug-likeness (QED) is 0.806. The first-order valence-corrected chi connectivity index (χ1v) is 7.56. The summed E-state index contributed by atoms with van der Waals surface area (Å²) in [4.78, 5) is 2.47. The minimum atomic E-state index is -0.222. The van der Waals surface area contributed by atoms with Crippen LogP contribution in [0.1, 0.15) is 43.7 Å². The summed E-state index contributed by atoms with van der Waals surface area (Å²) in [7, 11) is 0. The molecule has 0 saturated carbocycles. The highest BCUT2D eigenvalue weighted by molar-refractivity contribution is 5.19. The average Bonchev–Trinajstić information content (AvgIpc) is 2.90. The van der Waals surface area contributed by atoms with Crippen molar-refractivity contribution in [3.63, 3.8) is 0 Å². The molecule has 2 rings (SSSR count). The Morgan fingerprint density at radius 2 is 2.30 bits per heavy atom. The van der Waals surface area contributed by atoms with Gasteiger partial charge in [0.2, 0.25) is 0 Å². The molecular formula is C16H25FN2O. The van der Waals surface area contributed by atoms with Crippen LogP contribution in [0.5, 0.6) is 0 Å². The summed E-state index contributed by atoms with van der Waals surface area (Å²) in [5.41, 5.74) is 7.03. The van der Waals surface area contributed by atoms with Crippen LogP contribution in [-0.2, 0) is 0 Å². The highest BCUT2D eigenvalue weighted by atomic mass is 19.1. The van der Waals surface area contributed by atoms with Gasteiger partial charge in [-0.15, -0.1) is 0 Å². The van der Waals surface area contributed by atoms with Gasteiger partial charge < -0.3 is 15.7 Å². The van der Waals surface area contributed by atoms with Crippen LogP contribution in [-0.4, -0.2) is 35.7 Å². The van der Waals surface area contributed by atoms with Gasteiger partial charge in [-0.05, 0) is 56.3 Å². The lowest BCUT2D eigenvalue weighted by atomic mass is 10.0. The summed E-state index contributed by atoms with van der Waals surface area (Å²) in [5.74, 6) is -0.222. The Bertz CT molecular complexity index is 413. The second kappa shape index (κ2) is 7.72. The number of nitrogens with two attached hydrogens (primary N) is 1. The zero-order valence-corrected chi connectivity index (χ0v) is 12.0. The zero-order valence-electron chi connectivity index (χ0n) is 12.0. The van der Waals surface area contributed by atoms with Crippen LogP contribution in [0.25, 0.3) is 0 Å². The van der Waals surface area contributed by atoms with E-state index in [0.29, 0.717) is 6.04 Å². The first kappa shape index (κ1) is 15.4. The van der Waals surface area contributed by atoms with Crippen molar-refractivity contribution in [1.29, 1.82) is 0 Å². The summed E-state index contributed by atoms with van der Waals surface area (Å²) in [6.07, 6.45) is 5.22. The predicted molar refractivity (Wildman–Crippen MR) is 78.9 cm³/mol. The first-order valence-electron chi connectivity index (χ1n) is 7.56. The van der Waals surface area contributed by atoms with Crippen LogP contribution in [0.2, 0.25) is 0 Å². The van der Waals surface area contributed by atoms with Crippen LogP contribution >= 0.6 is 0 Å². The number of halogens is 1. The molecule has 4 heteroatoms. The monoisotopic (exact) mass is 280 g/mol. The van der Waals surface area contributed by atoms with Crippen molar-refractivity contribution in [2.75, 3.05) is 19.7 Å². The number of likely N-dealkylation sites (tertiary alicyclic amines) is 1. The molecule has 2 atom stereocenters. The summed E-state index contributed by atoms with van der Waals surface area (Å²) < 4.78 is 13.2. The van der Waals surface area contributed by atoms with Crippen molar-refractivity contribution >= 4 is 0 Å². The summed E-state index contributed by atoms with van der Waals surface area (Å²) in [5, 5.41) is 8.93.